The number of anilines is 1. The number of allylic oxidation sites excluding steroid dienone is 1. The van der Waals surface area contributed by atoms with E-state index in [1.54, 1.807) is 37.2 Å². The number of aromatic nitrogens is 2. The van der Waals surface area contributed by atoms with Gasteiger partial charge in [-0.25, -0.2) is 4.21 Å². The highest BCUT2D eigenvalue weighted by atomic mass is 35.5. The standard InChI is InChI=1S/C38H45ClN4O5S/c1-42-30(15-17-40-42)21-31(44)23-49(46)18-5-3-4-8-35(47-2)32-12-9-28(32)22-43-24-38(16-6-7-26-19-29(39)11-13-33(26)38)25-48-36-14-10-27(20-34(36)43)37(45)41-49/h4,8,10-11,13-15,17,19-20,28,32,35H,3,5-7,9,12,16,18,21-25H2,1-2H3/b8-4+/t28-,32+,35-,38-,49+/m0/s1. The van der Waals surface area contributed by atoms with Gasteiger partial charge in [0.1, 0.15) is 5.75 Å². The van der Waals surface area contributed by atoms with Gasteiger partial charge in [-0.15, -0.1) is 0 Å². The third kappa shape index (κ3) is 7.10. The lowest BCUT2D eigenvalue weighted by molar-refractivity contribution is -0.116. The van der Waals surface area contributed by atoms with Crippen molar-refractivity contribution in [3.8, 4) is 5.75 Å². The van der Waals surface area contributed by atoms with E-state index in [1.165, 1.54) is 11.1 Å². The fourth-order valence-corrected chi connectivity index (χ4v) is 10.4. The molecule has 3 aromatic rings. The molecule has 2 aliphatic carbocycles. The fraction of sp³-hybridized carbons (Fsp3) is 0.500. The van der Waals surface area contributed by atoms with Crippen LogP contribution in [0.3, 0.4) is 0 Å². The highest BCUT2D eigenvalue weighted by molar-refractivity contribution is 7.94. The van der Waals surface area contributed by atoms with Crippen LogP contribution in [-0.2, 0) is 44.6 Å². The van der Waals surface area contributed by atoms with Crippen LogP contribution in [0, 0.1) is 11.8 Å². The maximum absolute atomic E-state index is 14.3. The largest absolute Gasteiger partial charge is 0.490 e. The lowest BCUT2D eigenvalue weighted by Gasteiger charge is -2.46. The van der Waals surface area contributed by atoms with Crippen LogP contribution in [0.4, 0.5) is 5.69 Å². The van der Waals surface area contributed by atoms with Crippen LogP contribution in [-0.4, -0.2) is 70.1 Å². The summed E-state index contributed by atoms with van der Waals surface area (Å²) < 4.78 is 33.0. The van der Waals surface area contributed by atoms with Crippen molar-refractivity contribution < 1.29 is 23.3 Å². The number of carbonyl (C=O) groups is 2. The Labute approximate surface area is 294 Å². The molecule has 2 aromatic carbocycles. The van der Waals surface area contributed by atoms with Crippen LogP contribution in [0.25, 0.3) is 0 Å². The van der Waals surface area contributed by atoms with Gasteiger partial charge in [-0.2, -0.15) is 9.46 Å². The monoisotopic (exact) mass is 704 g/mol. The number of hydrogen-bond donors (Lipinski definition) is 0. The van der Waals surface area contributed by atoms with Crippen molar-refractivity contribution in [2.24, 2.45) is 23.2 Å². The molecule has 260 valence electrons. The minimum Gasteiger partial charge on any atom is -0.490 e. The number of aryl methyl sites for hydroxylation is 2. The smallest absolute Gasteiger partial charge is 0.285 e. The first kappa shape index (κ1) is 34.0. The minimum absolute atomic E-state index is 0.0247. The van der Waals surface area contributed by atoms with Gasteiger partial charge in [-0.05, 0) is 104 Å². The first-order valence-corrected chi connectivity index (χ1v) is 19.6. The summed E-state index contributed by atoms with van der Waals surface area (Å²) in [4.78, 5) is 29.5. The van der Waals surface area contributed by atoms with E-state index in [1.807, 2.05) is 18.2 Å². The first-order valence-electron chi connectivity index (χ1n) is 17.4. The molecule has 0 unspecified atom stereocenters. The van der Waals surface area contributed by atoms with Gasteiger partial charge in [0.15, 0.2) is 5.78 Å². The van der Waals surface area contributed by atoms with Crippen LogP contribution in [0.1, 0.15) is 65.7 Å². The summed E-state index contributed by atoms with van der Waals surface area (Å²) in [7, 11) is 0.356. The number of fused-ring (bicyclic) bond motifs is 4. The molecule has 49 heavy (non-hydrogen) atoms. The van der Waals surface area contributed by atoms with Crippen LogP contribution < -0.4 is 9.64 Å². The average molecular weight is 705 g/mol. The summed E-state index contributed by atoms with van der Waals surface area (Å²) in [6.45, 7) is 2.06. The lowest BCUT2D eigenvalue weighted by Crippen LogP contribution is -2.49. The summed E-state index contributed by atoms with van der Waals surface area (Å²) in [6.07, 6.45) is 12.3. The van der Waals surface area contributed by atoms with Gasteiger partial charge in [-0.1, -0.05) is 29.8 Å². The fourth-order valence-electron chi connectivity index (χ4n) is 8.27. The number of rotatable bonds is 5. The number of ether oxygens (including phenoxy) is 2. The molecule has 11 heteroatoms. The molecule has 1 saturated carbocycles. The summed E-state index contributed by atoms with van der Waals surface area (Å²) in [6, 6.07) is 13.4. The minimum atomic E-state index is -3.18. The zero-order valence-corrected chi connectivity index (χ0v) is 29.9. The number of nitrogens with zero attached hydrogens (tertiary/aromatic N) is 4. The normalized spacial score (nSPS) is 29.1. The van der Waals surface area contributed by atoms with Gasteiger partial charge >= 0.3 is 0 Å². The van der Waals surface area contributed by atoms with Gasteiger partial charge < -0.3 is 14.4 Å². The van der Waals surface area contributed by atoms with Gasteiger partial charge in [0.25, 0.3) is 5.91 Å². The number of methoxy groups -OCH3 is 1. The summed E-state index contributed by atoms with van der Waals surface area (Å²) in [5.41, 5.74) is 4.24. The highest BCUT2D eigenvalue weighted by Crippen LogP contribution is 2.47. The Morgan fingerprint density at radius 1 is 1.16 bits per heavy atom. The molecule has 9 nitrogen and oxygen atoms in total. The molecule has 4 aliphatic rings. The number of halogens is 1. The number of carbonyl (C=O) groups excluding carboxylic acids is 2. The molecule has 1 aromatic heterocycles. The van der Waals surface area contributed by atoms with Gasteiger partial charge in [-0.3, -0.25) is 14.3 Å². The third-order valence-corrected chi connectivity index (χ3v) is 13.4. The predicted octanol–water partition coefficient (Wildman–Crippen LogP) is 6.36. The SMILES string of the molecule is CO[C@H]1/C=C/CCC[S@@](=O)(CC(=O)Cc2ccnn2C)=NC(=O)c2ccc3c(c2)N(C[C@@H]2CC[C@H]21)C[C@@]1(CCCc2cc(Cl)ccc21)CO3. The van der Waals surface area contributed by atoms with Crippen LogP contribution >= 0.6 is 11.6 Å². The maximum Gasteiger partial charge on any atom is 0.285 e. The van der Waals surface area contributed by atoms with Crippen molar-refractivity contribution in [2.75, 3.05) is 43.2 Å². The van der Waals surface area contributed by atoms with Crippen molar-refractivity contribution in [1.29, 1.82) is 0 Å². The van der Waals surface area contributed by atoms with Crippen LogP contribution in [0.15, 0.2) is 65.2 Å². The number of amides is 1. The Hall–Kier alpha value is -3.47. The molecule has 0 saturated heterocycles. The van der Waals surface area contributed by atoms with E-state index < -0.39 is 15.6 Å². The molecular formula is C38H45ClN4O5S. The van der Waals surface area contributed by atoms with Crippen molar-refractivity contribution in [3.63, 3.8) is 0 Å². The van der Waals surface area contributed by atoms with Crippen molar-refractivity contribution in [1.82, 2.24) is 9.78 Å². The summed E-state index contributed by atoms with van der Waals surface area (Å²) >= 11 is 6.45. The third-order valence-electron chi connectivity index (χ3n) is 11.0. The molecule has 3 heterocycles. The Kier molecular flexibility index (Phi) is 9.74. The molecule has 0 radical (unpaired) electrons. The van der Waals surface area contributed by atoms with E-state index in [-0.39, 0.29) is 35.2 Å². The van der Waals surface area contributed by atoms with E-state index in [0.29, 0.717) is 36.8 Å². The van der Waals surface area contributed by atoms with Gasteiger partial charge in [0.05, 0.1) is 33.9 Å². The van der Waals surface area contributed by atoms with E-state index in [9.17, 15) is 13.8 Å². The highest BCUT2D eigenvalue weighted by Gasteiger charge is 2.44. The molecule has 1 amide bonds. The Balaban J connectivity index is 1.27. The molecular weight excluding hydrogens is 660 g/mol. The molecule has 2 bridgehead atoms. The van der Waals surface area contributed by atoms with Crippen LogP contribution in [0.2, 0.25) is 5.02 Å². The lowest BCUT2D eigenvalue weighted by atomic mass is 9.68. The van der Waals surface area contributed by atoms with Crippen molar-refractivity contribution in [3.05, 3.63) is 88.2 Å². The maximum atomic E-state index is 14.3. The predicted molar refractivity (Wildman–Crippen MR) is 192 cm³/mol. The molecule has 7 rings (SSSR count). The van der Waals surface area contributed by atoms with Gasteiger partial charge in [0.2, 0.25) is 0 Å². The Bertz CT molecular complexity index is 1900. The molecule has 1 fully saturated rings. The quantitative estimate of drug-likeness (QED) is 0.285. The molecule has 1 spiro atoms. The zero-order valence-electron chi connectivity index (χ0n) is 28.3. The molecule has 0 N–H and O–H groups in total. The average Bonchev–Trinajstić information content (AvgIpc) is 3.39. The second-order valence-corrected chi connectivity index (χ2v) is 17.1. The van der Waals surface area contributed by atoms with E-state index >= 15 is 0 Å². The summed E-state index contributed by atoms with van der Waals surface area (Å²) in [5, 5.41) is 4.89. The van der Waals surface area contributed by atoms with Gasteiger partial charge in [0, 0.05) is 67.3 Å². The second-order valence-electron chi connectivity index (χ2n) is 14.2. The second kappa shape index (κ2) is 14.0. The number of hydrogen-bond acceptors (Lipinski definition) is 7. The van der Waals surface area contributed by atoms with E-state index in [2.05, 4.69) is 38.6 Å². The topological polar surface area (TPSA) is 103 Å². The Morgan fingerprint density at radius 3 is 2.82 bits per heavy atom. The van der Waals surface area contributed by atoms with E-state index in [0.717, 1.165) is 67.3 Å². The van der Waals surface area contributed by atoms with Crippen molar-refractivity contribution >= 4 is 38.7 Å². The van der Waals surface area contributed by atoms with Crippen molar-refractivity contribution in [2.45, 2.75) is 62.9 Å². The number of Topliss-reactive ketones (excluding diaryl/α,β-unsaturated/α-hetero) is 1. The Morgan fingerprint density at radius 2 is 2.04 bits per heavy atom. The first-order chi connectivity index (χ1) is 23.6. The van der Waals surface area contributed by atoms with E-state index in [4.69, 9.17) is 21.1 Å². The van der Waals surface area contributed by atoms with Crippen LogP contribution in [0.5, 0.6) is 5.75 Å². The number of benzene rings is 2. The summed E-state index contributed by atoms with van der Waals surface area (Å²) in [5.74, 6) is 0.561. The number of ketones is 1. The molecule has 5 atom stereocenters. The zero-order chi connectivity index (χ0) is 34.2. The molecule has 2 aliphatic heterocycles.